The van der Waals surface area contributed by atoms with Crippen LogP contribution in [0.2, 0.25) is 0 Å². The molecule has 0 radical (unpaired) electrons. The van der Waals surface area contributed by atoms with Gasteiger partial charge in [0.15, 0.2) is 0 Å². The highest BCUT2D eigenvalue weighted by atomic mass is 35.5. The van der Waals surface area contributed by atoms with Gasteiger partial charge in [0.05, 0.1) is 5.92 Å². The molecule has 0 aromatic carbocycles. The molecule has 2 saturated heterocycles. The first kappa shape index (κ1) is 14.3. The molecule has 17 heavy (non-hydrogen) atoms. The van der Waals surface area contributed by atoms with E-state index in [1.807, 2.05) is 0 Å². The Hall–Kier alpha value is -0.810. The zero-order chi connectivity index (χ0) is 11.4. The fourth-order valence-corrected chi connectivity index (χ4v) is 2.27. The largest absolute Gasteiger partial charge is 0.354 e. The highest BCUT2D eigenvalue weighted by Gasteiger charge is 2.27. The molecule has 0 aromatic heterocycles. The molecule has 0 saturated carbocycles. The van der Waals surface area contributed by atoms with Crippen LogP contribution in [0.25, 0.3) is 0 Å². The van der Waals surface area contributed by atoms with E-state index in [1.54, 1.807) is 0 Å². The summed E-state index contributed by atoms with van der Waals surface area (Å²) < 4.78 is 0. The smallest absolute Gasteiger partial charge is 0.242 e. The van der Waals surface area contributed by atoms with Crippen molar-refractivity contribution in [2.45, 2.75) is 31.7 Å². The maximum Gasteiger partial charge on any atom is 0.242 e. The molecule has 2 heterocycles. The third kappa shape index (κ3) is 3.85. The lowest BCUT2D eigenvalue weighted by Gasteiger charge is -2.27. The van der Waals surface area contributed by atoms with Gasteiger partial charge in [-0.05, 0) is 32.2 Å². The van der Waals surface area contributed by atoms with Gasteiger partial charge < -0.3 is 16.0 Å². The molecule has 2 amide bonds. The summed E-state index contributed by atoms with van der Waals surface area (Å²) >= 11 is 0. The number of carbonyl (C=O) groups is 2. The monoisotopic (exact) mass is 261 g/mol. The second-order valence-electron chi connectivity index (χ2n) is 4.54. The Morgan fingerprint density at radius 3 is 2.65 bits per heavy atom. The first-order valence-corrected chi connectivity index (χ1v) is 6.06. The summed E-state index contributed by atoms with van der Waals surface area (Å²) in [4.78, 5) is 23.4. The van der Waals surface area contributed by atoms with Gasteiger partial charge in [0.1, 0.15) is 6.04 Å². The maximum atomic E-state index is 11.9. The van der Waals surface area contributed by atoms with Gasteiger partial charge in [-0.15, -0.1) is 12.4 Å². The number of carbonyl (C=O) groups excluding carboxylic acids is 2. The summed E-state index contributed by atoms with van der Waals surface area (Å²) in [6, 6.07) is -0.317. The lowest BCUT2D eigenvalue weighted by molar-refractivity contribution is -0.132. The van der Waals surface area contributed by atoms with Crippen LogP contribution in [0.15, 0.2) is 0 Å². The van der Waals surface area contributed by atoms with E-state index in [-0.39, 0.29) is 36.2 Å². The van der Waals surface area contributed by atoms with Crippen LogP contribution in [-0.4, -0.2) is 37.5 Å². The van der Waals surface area contributed by atoms with Crippen molar-refractivity contribution in [1.29, 1.82) is 0 Å². The van der Waals surface area contributed by atoms with Crippen molar-refractivity contribution < 1.29 is 9.59 Å². The standard InChI is InChI=1S/C11H19N3O2.ClH/c15-10(8-3-1-5-12-7-8)14-9-4-2-6-13-11(9)16;/h8-9,12H,1-7H2,(H,13,16)(H,14,15);1H. The van der Waals surface area contributed by atoms with E-state index in [1.165, 1.54) is 0 Å². The molecule has 5 nitrogen and oxygen atoms in total. The Labute approximate surface area is 108 Å². The van der Waals surface area contributed by atoms with Crippen LogP contribution in [0.1, 0.15) is 25.7 Å². The molecular formula is C11H20ClN3O2. The summed E-state index contributed by atoms with van der Waals surface area (Å²) in [7, 11) is 0. The van der Waals surface area contributed by atoms with E-state index in [0.29, 0.717) is 0 Å². The van der Waals surface area contributed by atoms with E-state index in [4.69, 9.17) is 0 Å². The molecule has 2 unspecified atom stereocenters. The minimum Gasteiger partial charge on any atom is -0.354 e. The Morgan fingerprint density at radius 2 is 2.00 bits per heavy atom. The number of halogens is 1. The van der Waals surface area contributed by atoms with E-state index in [9.17, 15) is 9.59 Å². The third-order valence-electron chi connectivity index (χ3n) is 3.27. The van der Waals surface area contributed by atoms with Crippen molar-refractivity contribution in [3.05, 3.63) is 0 Å². The summed E-state index contributed by atoms with van der Waals surface area (Å²) in [6.07, 6.45) is 3.67. The van der Waals surface area contributed by atoms with Crippen molar-refractivity contribution in [1.82, 2.24) is 16.0 Å². The number of piperidine rings is 2. The Bertz CT molecular complexity index is 280. The van der Waals surface area contributed by atoms with Crippen molar-refractivity contribution in [2.24, 2.45) is 5.92 Å². The highest BCUT2D eigenvalue weighted by molar-refractivity contribution is 5.89. The van der Waals surface area contributed by atoms with Crippen LogP contribution in [0.3, 0.4) is 0 Å². The molecule has 0 aliphatic carbocycles. The van der Waals surface area contributed by atoms with Gasteiger partial charge in [-0.1, -0.05) is 0 Å². The molecule has 0 bridgehead atoms. The number of hydrogen-bond donors (Lipinski definition) is 3. The van der Waals surface area contributed by atoms with E-state index < -0.39 is 0 Å². The summed E-state index contributed by atoms with van der Waals surface area (Å²) in [5.74, 6) is 0.0149. The second-order valence-corrected chi connectivity index (χ2v) is 4.54. The molecule has 98 valence electrons. The van der Waals surface area contributed by atoms with Crippen LogP contribution in [0.5, 0.6) is 0 Å². The van der Waals surface area contributed by atoms with Gasteiger partial charge in [0, 0.05) is 13.1 Å². The van der Waals surface area contributed by atoms with E-state index in [2.05, 4.69) is 16.0 Å². The fourth-order valence-electron chi connectivity index (χ4n) is 2.27. The molecule has 0 spiro atoms. The molecule has 0 aromatic rings. The van der Waals surface area contributed by atoms with Crippen LogP contribution < -0.4 is 16.0 Å². The average molecular weight is 262 g/mol. The van der Waals surface area contributed by atoms with Crippen LogP contribution >= 0.6 is 12.4 Å². The molecule has 3 N–H and O–H groups in total. The van der Waals surface area contributed by atoms with Gasteiger partial charge >= 0.3 is 0 Å². The zero-order valence-electron chi connectivity index (χ0n) is 9.83. The molecule has 2 fully saturated rings. The molecule has 2 rings (SSSR count). The SMILES string of the molecule is Cl.O=C(NC1CCCNC1=O)C1CCCNC1. The van der Waals surface area contributed by atoms with E-state index >= 15 is 0 Å². The summed E-state index contributed by atoms with van der Waals surface area (Å²) in [5, 5.41) is 8.82. The van der Waals surface area contributed by atoms with E-state index in [0.717, 1.165) is 45.3 Å². The normalized spacial score (nSPS) is 28.8. The van der Waals surface area contributed by atoms with Gasteiger partial charge in [0.25, 0.3) is 0 Å². The van der Waals surface area contributed by atoms with Gasteiger partial charge in [-0.3, -0.25) is 9.59 Å². The van der Waals surface area contributed by atoms with Crippen molar-refractivity contribution in [2.75, 3.05) is 19.6 Å². The number of rotatable bonds is 2. The van der Waals surface area contributed by atoms with Gasteiger partial charge in [-0.2, -0.15) is 0 Å². The van der Waals surface area contributed by atoms with Crippen LogP contribution in [-0.2, 0) is 9.59 Å². The quantitative estimate of drug-likeness (QED) is 0.645. The molecular weight excluding hydrogens is 242 g/mol. The van der Waals surface area contributed by atoms with Gasteiger partial charge in [0.2, 0.25) is 11.8 Å². The first-order chi connectivity index (χ1) is 7.77. The van der Waals surface area contributed by atoms with Crippen LogP contribution in [0, 0.1) is 5.92 Å². The zero-order valence-corrected chi connectivity index (χ0v) is 10.6. The summed E-state index contributed by atoms with van der Waals surface area (Å²) in [6.45, 7) is 2.46. The minimum atomic E-state index is -0.317. The Morgan fingerprint density at radius 1 is 1.24 bits per heavy atom. The second kappa shape index (κ2) is 6.81. The fraction of sp³-hybridized carbons (Fsp3) is 0.818. The van der Waals surface area contributed by atoms with Crippen molar-refractivity contribution in [3.63, 3.8) is 0 Å². The lowest BCUT2D eigenvalue weighted by Crippen LogP contribution is -2.52. The van der Waals surface area contributed by atoms with Crippen LogP contribution in [0.4, 0.5) is 0 Å². The predicted molar refractivity (Wildman–Crippen MR) is 67.0 cm³/mol. The molecule has 2 atom stereocenters. The van der Waals surface area contributed by atoms with Crippen molar-refractivity contribution >= 4 is 24.2 Å². The first-order valence-electron chi connectivity index (χ1n) is 6.06. The summed E-state index contributed by atoms with van der Waals surface area (Å²) in [5.41, 5.74) is 0. The maximum absolute atomic E-state index is 11.9. The average Bonchev–Trinajstić information content (AvgIpc) is 2.33. The lowest BCUT2D eigenvalue weighted by atomic mass is 9.97. The molecule has 6 heteroatoms. The van der Waals surface area contributed by atoms with Gasteiger partial charge in [-0.25, -0.2) is 0 Å². The topological polar surface area (TPSA) is 70.2 Å². The number of hydrogen-bond acceptors (Lipinski definition) is 3. The molecule has 2 aliphatic heterocycles. The Balaban J connectivity index is 0.00000144. The Kier molecular flexibility index (Phi) is 5.71. The minimum absolute atomic E-state index is 0. The third-order valence-corrected chi connectivity index (χ3v) is 3.27. The number of amides is 2. The molecule has 2 aliphatic rings. The number of nitrogens with one attached hydrogen (secondary N) is 3. The predicted octanol–water partition coefficient (Wildman–Crippen LogP) is -0.197. The highest BCUT2D eigenvalue weighted by Crippen LogP contribution is 2.11. The van der Waals surface area contributed by atoms with Crippen molar-refractivity contribution in [3.8, 4) is 0 Å².